The first-order valence-corrected chi connectivity index (χ1v) is 7.04. The van der Waals surface area contributed by atoms with Crippen molar-refractivity contribution in [2.24, 2.45) is 0 Å². The molecule has 0 spiro atoms. The third-order valence-electron chi connectivity index (χ3n) is 3.11. The fourth-order valence-electron chi connectivity index (χ4n) is 2.17. The van der Waals surface area contributed by atoms with Crippen LogP contribution in [0.2, 0.25) is 5.02 Å². The second-order valence-electron chi connectivity index (χ2n) is 5.03. The summed E-state index contributed by atoms with van der Waals surface area (Å²) in [6.45, 7) is 6.85. The van der Waals surface area contributed by atoms with E-state index in [0.29, 0.717) is 12.6 Å². The molecule has 1 aromatic carbocycles. The molecule has 0 fully saturated rings. The zero-order valence-corrected chi connectivity index (χ0v) is 12.3. The Kier molecular flexibility index (Phi) is 4.48. The molecule has 4 heteroatoms. The van der Waals surface area contributed by atoms with Crippen LogP contribution in [0.15, 0.2) is 16.5 Å². The Morgan fingerprint density at radius 2 is 2.11 bits per heavy atom. The number of benzene rings is 1. The van der Waals surface area contributed by atoms with Crippen molar-refractivity contribution in [1.82, 2.24) is 5.32 Å². The largest absolute Gasteiger partial charge is 0.456 e. The van der Waals surface area contributed by atoms with Crippen LogP contribution < -0.4 is 5.32 Å². The van der Waals surface area contributed by atoms with Crippen LogP contribution >= 0.6 is 11.6 Å². The Balaban J connectivity index is 2.49. The van der Waals surface area contributed by atoms with Gasteiger partial charge < -0.3 is 9.73 Å². The molecule has 104 valence electrons. The van der Waals surface area contributed by atoms with Gasteiger partial charge in [-0.15, -0.1) is 0 Å². The molecule has 0 aliphatic carbocycles. The van der Waals surface area contributed by atoms with E-state index in [1.807, 2.05) is 6.07 Å². The highest BCUT2D eigenvalue weighted by atomic mass is 35.5. The molecule has 0 bridgehead atoms. The highest BCUT2D eigenvalue weighted by molar-refractivity contribution is 6.31. The smallest absolute Gasteiger partial charge is 0.184 e. The van der Waals surface area contributed by atoms with Crippen LogP contribution in [0.1, 0.15) is 38.5 Å². The van der Waals surface area contributed by atoms with Gasteiger partial charge in [-0.25, -0.2) is 4.39 Å². The van der Waals surface area contributed by atoms with Gasteiger partial charge in [-0.2, -0.15) is 0 Å². The number of aryl methyl sites for hydroxylation is 1. The van der Waals surface area contributed by atoms with Gasteiger partial charge >= 0.3 is 0 Å². The standard InChI is InChI=1S/C15H19ClFNO/c1-4-5-10-11-6-7-12(16)14(17)15(11)19-13(10)8-18-9(2)3/h6-7,9,18H,4-5,8H2,1-3H3. The van der Waals surface area contributed by atoms with Crippen LogP contribution in [-0.2, 0) is 13.0 Å². The molecule has 0 radical (unpaired) electrons. The molecule has 19 heavy (non-hydrogen) atoms. The number of nitrogens with one attached hydrogen (secondary N) is 1. The van der Waals surface area contributed by atoms with Gasteiger partial charge in [-0.1, -0.05) is 38.8 Å². The lowest BCUT2D eigenvalue weighted by Gasteiger charge is -2.07. The van der Waals surface area contributed by atoms with Crippen molar-refractivity contribution in [2.75, 3.05) is 0 Å². The van der Waals surface area contributed by atoms with E-state index in [9.17, 15) is 4.39 Å². The lowest BCUT2D eigenvalue weighted by atomic mass is 10.1. The topological polar surface area (TPSA) is 25.2 Å². The van der Waals surface area contributed by atoms with E-state index in [1.165, 1.54) is 0 Å². The van der Waals surface area contributed by atoms with Crippen molar-refractivity contribution in [3.05, 3.63) is 34.3 Å². The predicted octanol–water partition coefficient (Wildman–Crippen LogP) is 4.68. The fraction of sp³-hybridized carbons (Fsp3) is 0.467. The maximum atomic E-state index is 14.0. The molecule has 2 nitrogen and oxygen atoms in total. The van der Waals surface area contributed by atoms with E-state index in [4.69, 9.17) is 16.0 Å². The quantitative estimate of drug-likeness (QED) is 0.862. The minimum atomic E-state index is -0.465. The molecule has 0 amide bonds. The van der Waals surface area contributed by atoms with Gasteiger partial charge in [0, 0.05) is 17.0 Å². The van der Waals surface area contributed by atoms with Crippen LogP contribution in [0.4, 0.5) is 4.39 Å². The first-order valence-electron chi connectivity index (χ1n) is 6.66. The van der Waals surface area contributed by atoms with E-state index in [0.717, 1.165) is 29.6 Å². The second kappa shape index (κ2) is 5.93. The molecule has 0 aliphatic rings. The van der Waals surface area contributed by atoms with E-state index in [-0.39, 0.29) is 10.6 Å². The Bertz CT molecular complexity index is 577. The fourth-order valence-corrected chi connectivity index (χ4v) is 2.32. The van der Waals surface area contributed by atoms with Crippen LogP contribution in [0.25, 0.3) is 11.0 Å². The molecular weight excluding hydrogens is 265 g/mol. The lowest BCUT2D eigenvalue weighted by molar-refractivity contribution is 0.471. The molecule has 2 rings (SSSR count). The zero-order chi connectivity index (χ0) is 14.0. The van der Waals surface area contributed by atoms with E-state index in [2.05, 4.69) is 26.1 Å². The molecule has 0 saturated carbocycles. The SMILES string of the molecule is CCCc1c(CNC(C)C)oc2c(F)c(Cl)ccc12. The molecular formula is C15H19ClFNO. The molecule has 1 aromatic heterocycles. The second-order valence-corrected chi connectivity index (χ2v) is 5.43. The summed E-state index contributed by atoms with van der Waals surface area (Å²) in [6.07, 6.45) is 1.87. The first kappa shape index (κ1) is 14.4. The average Bonchev–Trinajstić information content (AvgIpc) is 2.71. The van der Waals surface area contributed by atoms with E-state index < -0.39 is 5.82 Å². The van der Waals surface area contributed by atoms with Crippen molar-refractivity contribution < 1.29 is 8.81 Å². The summed E-state index contributed by atoms with van der Waals surface area (Å²) >= 11 is 5.80. The van der Waals surface area contributed by atoms with Crippen LogP contribution in [0, 0.1) is 5.82 Å². The van der Waals surface area contributed by atoms with Gasteiger partial charge in [0.1, 0.15) is 5.76 Å². The molecule has 0 unspecified atom stereocenters. The molecule has 2 aromatic rings. The van der Waals surface area contributed by atoms with Gasteiger partial charge in [0.2, 0.25) is 0 Å². The molecule has 0 saturated heterocycles. The minimum Gasteiger partial charge on any atom is -0.456 e. The number of hydrogen-bond acceptors (Lipinski definition) is 2. The first-order chi connectivity index (χ1) is 9.04. The molecule has 0 atom stereocenters. The Labute approximate surface area is 117 Å². The predicted molar refractivity (Wildman–Crippen MR) is 77.2 cm³/mol. The van der Waals surface area contributed by atoms with Gasteiger partial charge in [0.05, 0.1) is 11.6 Å². The third-order valence-corrected chi connectivity index (χ3v) is 3.40. The van der Waals surface area contributed by atoms with Crippen molar-refractivity contribution in [3.8, 4) is 0 Å². The van der Waals surface area contributed by atoms with Crippen LogP contribution in [-0.4, -0.2) is 6.04 Å². The van der Waals surface area contributed by atoms with Gasteiger partial charge in [-0.3, -0.25) is 0 Å². The maximum absolute atomic E-state index is 14.0. The van der Waals surface area contributed by atoms with Crippen molar-refractivity contribution in [3.63, 3.8) is 0 Å². The van der Waals surface area contributed by atoms with E-state index >= 15 is 0 Å². The van der Waals surface area contributed by atoms with E-state index in [1.54, 1.807) is 6.07 Å². The number of fused-ring (bicyclic) bond motifs is 1. The summed E-state index contributed by atoms with van der Waals surface area (Å²) in [4.78, 5) is 0. The van der Waals surface area contributed by atoms with Crippen LogP contribution in [0.5, 0.6) is 0 Å². The highest BCUT2D eigenvalue weighted by Crippen LogP contribution is 2.32. The molecule has 1 heterocycles. The third kappa shape index (κ3) is 2.93. The van der Waals surface area contributed by atoms with Crippen molar-refractivity contribution in [1.29, 1.82) is 0 Å². The number of halogens is 2. The van der Waals surface area contributed by atoms with Crippen LogP contribution in [0.3, 0.4) is 0 Å². The number of rotatable bonds is 5. The van der Waals surface area contributed by atoms with Crippen molar-refractivity contribution >= 4 is 22.6 Å². The number of hydrogen-bond donors (Lipinski definition) is 1. The Morgan fingerprint density at radius 1 is 1.37 bits per heavy atom. The minimum absolute atomic E-state index is 0.104. The molecule has 1 N–H and O–H groups in total. The Hall–Kier alpha value is -1.06. The number of furan rings is 1. The maximum Gasteiger partial charge on any atom is 0.184 e. The van der Waals surface area contributed by atoms with Crippen molar-refractivity contribution in [2.45, 2.75) is 46.2 Å². The lowest BCUT2D eigenvalue weighted by Crippen LogP contribution is -2.22. The summed E-state index contributed by atoms with van der Waals surface area (Å²) in [6, 6.07) is 3.79. The highest BCUT2D eigenvalue weighted by Gasteiger charge is 2.18. The summed E-state index contributed by atoms with van der Waals surface area (Å²) in [5, 5.41) is 4.25. The van der Waals surface area contributed by atoms with Gasteiger partial charge in [0.25, 0.3) is 0 Å². The monoisotopic (exact) mass is 283 g/mol. The summed E-state index contributed by atoms with van der Waals surface area (Å²) in [5.74, 6) is 0.346. The summed E-state index contributed by atoms with van der Waals surface area (Å²) < 4.78 is 19.7. The van der Waals surface area contributed by atoms with Gasteiger partial charge in [0.15, 0.2) is 11.4 Å². The summed E-state index contributed by atoms with van der Waals surface area (Å²) in [7, 11) is 0. The zero-order valence-electron chi connectivity index (χ0n) is 11.5. The summed E-state index contributed by atoms with van der Waals surface area (Å²) in [5.41, 5.74) is 1.36. The average molecular weight is 284 g/mol. The van der Waals surface area contributed by atoms with Gasteiger partial charge in [-0.05, 0) is 18.6 Å². The normalized spacial score (nSPS) is 11.7. The Morgan fingerprint density at radius 3 is 2.74 bits per heavy atom. The molecule has 0 aliphatic heterocycles.